The van der Waals surface area contributed by atoms with Gasteiger partial charge in [-0.2, -0.15) is 0 Å². The quantitative estimate of drug-likeness (QED) is 0.604. The van der Waals surface area contributed by atoms with Crippen LogP contribution in [0.3, 0.4) is 0 Å². The third-order valence-corrected chi connectivity index (χ3v) is 3.58. The number of rotatable bonds is 4. The van der Waals surface area contributed by atoms with E-state index in [1.165, 1.54) is 6.42 Å². The van der Waals surface area contributed by atoms with Gasteiger partial charge in [-0.25, -0.2) is 4.79 Å². The van der Waals surface area contributed by atoms with E-state index < -0.39 is 5.54 Å². The number of esters is 1. The molecule has 0 amide bonds. The fraction of sp³-hybridized carbons (Fsp3) is 0.467. The van der Waals surface area contributed by atoms with Crippen molar-refractivity contribution in [3.05, 3.63) is 35.9 Å². The first kappa shape index (κ1) is 12.8. The Morgan fingerprint density at radius 3 is 2.50 bits per heavy atom. The molecular weight excluding hydrogens is 226 g/mol. The highest BCUT2D eigenvalue weighted by atomic mass is 16.5. The zero-order valence-corrected chi connectivity index (χ0v) is 10.6. The van der Waals surface area contributed by atoms with Crippen molar-refractivity contribution >= 4 is 12.7 Å². The summed E-state index contributed by atoms with van der Waals surface area (Å²) >= 11 is 0. The maximum atomic E-state index is 12.2. The first-order valence-electron chi connectivity index (χ1n) is 6.46. The molecule has 1 aliphatic rings. The lowest BCUT2D eigenvalue weighted by molar-refractivity contribution is -0.152. The minimum absolute atomic E-state index is 0.221. The van der Waals surface area contributed by atoms with Crippen LogP contribution < -0.4 is 0 Å². The van der Waals surface area contributed by atoms with Gasteiger partial charge in [0.2, 0.25) is 0 Å². The molecule has 0 unspecified atom stereocenters. The molecule has 2 rings (SSSR count). The summed E-state index contributed by atoms with van der Waals surface area (Å²) < 4.78 is 5.39. The largest absolute Gasteiger partial charge is 0.459 e. The summed E-state index contributed by atoms with van der Waals surface area (Å²) in [5, 5.41) is 0. The molecule has 1 saturated carbocycles. The van der Waals surface area contributed by atoms with Crippen LogP contribution in [0.2, 0.25) is 0 Å². The molecule has 1 aromatic rings. The van der Waals surface area contributed by atoms with Gasteiger partial charge in [0, 0.05) is 0 Å². The Kier molecular flexibility index (Phi) is 4.13. The van der Waals surface area contributed by atoms with Crippen molar-refractivity contribution in [2.24, 2.45) is 4.99 Å². The molecule has 0 saturated heterocycles. The molecular formula is C15H19NO2. The molecule has 0 atom stereocenters. The number of carbonyl (C=O) groups is 1. The van der Waals surface area contributed by atoms with Crippen LogP contribution in [-0.2, 0) is 16.1 Å². The lowest BCUT2D eigenvalue weighted by Gasteiger charge is -2.30. The highest BCUT2D eigenvalue weighted by molar-refractivity contribution is 5.82. The zero-order valence-electron chi connectivity index (χ0n) is 10.6. The Hall–Kier alpha value is -1.64. The van der Waals surface area contributed by atoms with Gasteiger partial charge in [0.15, 0.2) is 5.54 Å². The fourth-order valence-electron chi connectivity index (χ4n) is 2.42. The van der Waals surface area contributed by atoms with Crippen molar-refractivity contribution in [3.8, 4) is 0 Å². The first-order valence-corrected chi connectivity index (χ1v) is 6.46. The second-order valence-corrected chi connectivity index (χ2v) is 4.81. The molecule has 0 aromatic heterocycles. The molecule has 18 heavy (non-hydrogen) atoms. The van der Waals surface area contributed by atoms with E-state index in [9.17, 15) is 4.79 Å². The van der Waals surface area contributed by atoms with Gasteiger partial charge in [0.1, 0.15) is 6.61 Å². The first-order chi connectivity index (χ1) is 8.77. The molecule has 0 spiro atoms. The van der Waals surface area contributed by atoms with Gasteiger partial charge < -0.3 is 4.74 Å². The molecule has 1 fully saturated rings. The van der Waals surface area contributed by atoms with Crippen molar-refractivity contribution in [1.82, 2.24) is 0 Å². The standard InChI is InChI=1S/C15H19NO2/c1-16-15(10-6-3-7-11-15)14(17)18-12-13-8-4-2-5-9-13/h2,4-5,8-9H,1,3,6-7,10-12H2. The Morgan fingerprint density at radius 2 is 1.89 bits per heavy atom. The Labute approximate surface area is 108 Å². The molecule has 0 bridgehead atoms. The van der Waals surface area contributed by atoms with Crippen LogP contribution in [-0.4, -0.2) is 18.2 Å². The fourth-order valence-corrected chi connectivity index (χ4v) is 2.42. The summed E-state index contributed by atoms with van der Waals surface area (Å²) in [7, 11) is 0. The number of carbonyl (C=O) groups excluding carboxylic acids is 1. The summed E-state index contributed by atoms with van der Waals surface area (Å²) in [4.78, 5) is 16.2. The summed E-state index contributed by atoms with van der Waals surface area (Å²) in [6, 6.07) is 9.71. The second kappa shape index (κ2) is 5.80. The summed E-state index contributed by atoms with van der Waals surface area (Å²) in [5.41, 5.74) is 0.313. The van der Waals surface area contributed by atoms with Crippen LogP contribution >= 0.6 is 0 Å². The summed E-state index contributed by atoms with van der Waals surface area (Å²) in [6.45, 7) is 3.90. The van der Waals surface area contributed by atoms with Crippen molar-refractivity contribution in [2.45, 2.75) is 44.2 Å². The molecule has 96 valence electrons. The molecule has 1 aromatic carbocycles. The Morgan fingerprint density at radius 1 is 1.22 bits per heavy atom. The predicted octanol–water partition coefficient (Wildman–Crippen LogP) is 3.13. The van der Waals surface area contributed by atoms with Crippen LogP contribution in [0.1, 0.15) is 37.7 Å². The molecule has 1 aliphatic carbocycles. The van der Waals surface area contributed by atoms with Crippen LogP contribution in [0, 0.1) is 0 Å². The van der Waals surface area contributed by atoms with E-state index in [1.807, 2.05) is 30.3 Å². The molecule has 0 radical (unpaired) electrons. The summed E-state index contributed by atoms with van der Waals surface area (Å²) in [6.07, 6.45) is 4.76. The number of hydrogen-bond donors (Lipinski definition) is 0. The maximum Gasteiger partial charge on any atom is 0.334 e. The van der Waals surface area contributed by atoms with Crippen molar-refractivity contribution in [1.29, 1.82) is 0 Å². The van der Waals surface area contributed by atoms with Gasteiger partial charge in [0.25, 0.3) is 0 Å². The van der Waals surface area contributed by atoms with Crippen LogP contribution in [0.4, 0.5) is 0 Å². The normalized spacial score (nSPS) is 18.0. The monoisotopic (exact) mass is 245 g/mol. The van der Waals surface area contributed by atoms with Gasteiger partial charge in [-0.3, -0.25) is 4.99 Å². The molecule has 0 aliphatic heterocycles. The van der Waals surface area contributed by atoms with E-state index in [1.54, 1.807) is 0 Å². The van der Waals surface area contributed by atoms with Crippen LogP contribution in [0.15, 0.2) is 35.3 Å². The van der Waals surface area contributed by atoms with Gasteiger partial charge >= 0.3 is 5.97 Å². The highest BCUT2D eigenvalue weighted by Gasteiger charge is 2.39. The topological polar surface area (TPSA) is 38.7 Å². The number of nitrogens with zero attached hydrogens (tertiary/aromatic N) is 1. The molecule has 3 heteroatoms. The Balaban J connectivity index is 1.96. The van der Waals surface area contributed by atoms with E-state index in [0.29, 0.717) is 6.61 Å². The average Bonchev–Trinajstić information content (AvgIpc) is 2.46. The molecule has 0 N–H and O–H groups in total. The molecule has 3 nitrogen and oxygen atoms in total. The van der Waals surface area contributed by atoms with Crippen LogP contribution in [0.5, 0.6) is 0 Å². The van der Waals surface area contributed by atoms with Crippen molar-refractivity contribution in [3.63, 3.8) is 0 Å². The van der Waals surface area contributed by atoms with E-state index in [4.69, 9.17) is 4.74 Å². The molecule has 0 heterocycles. The summed E-state index contributed by atoms with van der Waals surface area (Å²) in [5.74, 6) is -0.221. The third kappa shape index (κ3) is 2.78. The van der Waals surface area contributed by atoms with E-state index in [-0.39, 0.29) is 5.97 Å². The Bertz CT molecular complexity index is 408. The number of hydrogen-bond acceptors (Lipinski definition) is 3. The average molecular weight is 245 g/mol. The minimum Gasteiger partial charge on any atom is -0.459 e. The van der Waals surface area contributed by atoms with Gasteiger partial charge in [-0.1, -0.05) is 49.6 Å². The lowest BCUT2D eigenvalue weighted by Crippen LogP contribution is -2.40. The van der Waals surface area contributed by atoms with E-state index >= 15 is 0 Å². The SMILES string of the molecule is C=NC1(C(=O)OCc2ccccc2)CCCCC1. The highest BCUT2D eigenvalue weighted by Crippen LogP contribution is 2.32. The van der Waals surface area contributed by atoms with Gasteiger partial charge in [0.05, 0.1) is 0 Å². The van der Waals surface area contributed by atoms with Gasteiger partial charge in [-0.05, 0) is 25.1 Å². The third-order valence-electron chi connectivity index (χ3n) is 3.58. The zero-order chi connectivity index (χ0) is 12.8. The number of ether oxygens (including phenoxy) is 1. The lowest BCUT2D eigenvalue weighted by atomic mass is 9.82. The van der Waals surface area contributed by atoms with Crippen LogP contribution in [0.25, 0.3) is 0 Å². The van der Waals surface area contributed by atoms with Crippen molar-refractivity contribution < 1.29 is 9.53 Å². The van der Waals surface area contributed by atoms with Gasteiger partial charge in [-0.15, -0.1) is 0 Å². The van der Waals surface area contributed by atoms with E-state index in [2.05, 4.69) is 11.7 Å². The maximum absolute atomic E-state index is 12.2. The van der Waals surface area contributed by atoms with E-state index in [0.717, 1.165) is 31.2 Å². The smallest absolute Gasteiger partial charge is 0.334 e. The number of aliphatic imine (C=N–C) groups is 1. The van der Waals surface area contributed by atoms with Crippen molar-refractivity contribution in [2.75, 3.05) is 0 Å². The predicted molar refractivity (Wildman–Crippen MR) is 71.6 cm³/mol. The minimum atomic E-state index is -0.687. The second-order valence-electron chi connectivity index (χ2n) is 4.81. The number of benzene rings is 1.